The number of benzene rings is 1. The predicted octanol–water partition coefficient (Wildman–Crippen LogP) is 1.94. The topological polar surface area (TPSA) is 190 Å². The molecule has 0 spiro atoms. The van der Waals surface area contributed by atoms with Crippen molar-refractivity contribution in [1.82, 2.24) is 10.2 Å². The minimum Gasteiger partial charge on any atom is -0.508 e. The number of nitrogens with two attached hydrogens (primary N) is 1. The van der Waals surface area contributed by atoms with Crippen LogP contribution in [0.2, 0.25) is 0 Å². The Labute approximate surface area is 239 Å². The van der Waals surface area contributed by atoms with E-state index in [4.69, 9.17) is 5.73 Å². The number of rotatable bonds is 6. The standard InChI is InChI=1S/C29H37N3O8.CH4/c1-12(33)15-8-14(10-31-11-28(2,3)4)22(34)19-16(15)7-13-9-17-21(32(5)6)24(36)20(27(30)39)26(38)29(17,40)25(37)18(13)23(19)35;/h8,13,17,21,31,34-35,38,40H,7,9-11H2,1-6H3,(H2,30,39);1H4/t13-,17-,21-,29-;/m0./s1. The molecule has 1 fully saturated rings. The number of ketones is 3. The number of nitrogens with zero attached hydrogens (tertiary/aromatic N) is 1. The van der Waals surface area contributed by atoms with Crippen LogP contribution in [-0.4, -0.2) is 80.9 Å². The zero-order valence-electron chi connectivity index (χ0n) is 23.6. The normalized spacial score (nSPS) is 25.9. The zero-order chi connectivity index (χ0) is 30.1. The highest BCUT2D eigenvalue weighted by Gasteiger charge is 2.64. The number of phenolic OH excluding ortho intramolecular Hbond substituents is 1. The van der Waals surface area contributed by atoms with Crippen molar-refractivity contribution in [3.63, 3.8) is 0 Å². The molecule has 0 bridgehead atoms. The minimum atomic E-state index is -2.71. The Hall–Kier alpha value is -3.54. The van der Waals surface area contributed by atoms with Crippen molar-refractivity contribution in [2.45, 2.75) is 66.2 Å². The fraction of sp³-hybridized carbons (Fsp3) is 0.533. The number of Topliss-reactive ketones (excluding diaryl/α,β-unsaturated/α-hetero) is 3. The quantitative estimate of drug-likeness (QED) is 0.217. The fourth-order valence-electron chi connectivity index (χ4n) is 6.39. The van der Waals surface area contributed by atoms with Crippen molar-refractivity contribution in [3.05, 3.63) is 45.2 Å². The summed E-state index contributed by atoms with van der Waals surface area (Å²) in [7, 11) is 3.07. The molecule has 41 heavy (non-hydrogen) atoms. The highest BCUT2D eigenvalue weighted by atomic mass is 16.3. The van der Waals surface area contributed by atoms with Gasteiger partial charge in [-0.25, -0.2) is 0 Å². The number of fused-ring (bicyclic) bond motifs is 3. The molecule has 0 aliphatic heterocycles. The van der Waals surface area contributed by atoms with Gasteiger partial charge in [-0.2, -0.15) is 0 Å². The smallest absolute Gasteiger partial charge is 0.255 e. The summed E-state index contributed by atoms with van der Waals surface area (Å²) in [5.74, 6) is -7.49. The van der Waals surface area contributed by atoms with Gasteiger partial charge in [-0.05, 0) is 56.8 Å². The van der Waals surface area contributed by atoms with E-state index in [9.17, 15) is 39.6 Å². The van der Waals surface area contributed by atoms with Gasteiger partial charge < -0.3 is 31.5 Å². The van der Waals surface area contributed by atoms with Gasteiger partial charge in [0.25, 0.3) is 5.91 Å². The van der Waals surface area contributed by atoms with Crippen molar-refractivity contribution in [2.75, 3.05) is 20.6 Å². The van der Waals surface area contributed by atoms with E-state index in [1.54, 1.807) is 6.07 Å². The maximum absolute atomic E-state index is 14.0. The number of aromatic hydroxyl groups is 1. The molecule has 11 heteroatoms. The molecule has 4 atom stereocenters. The van der Waals surface area contributed by atoms with E-state index in [1.165, 1.54) is 25.9 Å². The van der Waals surface area contributed by atoms with Crippen molar-refractivity contribution < 1.29 is 39.6 Å². The molecule has 0 radical (unpaired) electrons. The molecular weight excluding hydrogens is 530 g/mol. The summed E-state index contributed by atoms with van der Waals surface area (Å²) in [4.78, 5) is 53.4. The monoisotopic (exact) mass is 571 g/mol. The third-order valence-corrected chi connectivity index (χ3v) is 8.15. The first kappa shape index (κ1) is 32.0. The number of nitrogens with one attached hydrogen (secondary N) is 1. The number of carbonyl (C=O) groups is 4. The number of phenols is 1. The number of amides is 1. The molecule has 0 unspecified atom stereocenters. The Kier molecular flexibility index (Phi) is 8.35. The Morgan fingerprint density at radius 1 is 1.17 bits per heavy atom. The Balaban J connectivity index is 0.00000462. The van der Waals surface area contributed by atoms with Gasteiger partial charge >= 0.3 is 0 Å². The van der Waals surface area contributed by atoms with Gasteiger partial charge in [-0.15, -0.1) is 0 Å². The third kappa shape index (κ3) is 4.96. The minimum absolute atomic E-state index is 0. The first-order valence-electron chi connectivity index (χ1n) is 13.2. The van der Waals surface area contributed by atoms with Crippen LogP contribution < -0.4 is 11.1 Å². The molecule has 0 aromatic heterocycles. The molecule has 1 saturated carbocycles. The van der Waals surface area contributed by atoms with Crippen LogP contribution in [0.3, 0.4) is 0 Å². The maximum Gasteiger partial charge on any atom is 0.255 e. The Morgan fingerprint density at radius 3 is 2.29 bits per heavy atom. The largest absolute Gasteiger partial charge is 0.508 e. The summed E-state index contributed by atoms with van der Waals surface area (Å²) in [6.45, 7) is 8.25. The second kappa shape index (κ2) is 10.7. The maximum atomic E-state index is 14.0. The van der Waals surface area contributed by atoms with Crippen molar-refractivity contribution in [1.29, 1.82) is 0 Å². The van der Waals surface area contributed by atoms with Crippen LogP contribution in [-0.2, 0) is 27.3 Å². The van der Waals surface area contributed by atoms with Crippen LogP contribution in [0.1, 0.15) is 68.6 Å². The SMILES string of the molecule is C.CC(=O)c1cc(CNCC(C)(C)C)c(O)c2c1C[C@H]1C[C@H]3[C@H](N(C)C)C(=O)C(C(N)=O)=C(O)[C@@]3(O)C(=O)C1=C2O. The number of hydrogen-bond acceptors (Lipinski definition) is 10. The predicted molar refractivity (Wildman–Crippen MR) is 152 cm³/mol. The van der Waals surface area contributed by atoms with E-state index >= 15 is 0 Å². The van der Waals surface area contributed by atoms with Gasteiger partial charge in [0.15, 0.2) is 17.2 Å². The fourth-order valence-corrected chi connectivity index (χ4v) is 6.39. The van der Waals surface area contributed by atoms with Crippen molar-refractivity contribution in [3.8, 4) is 5.75 Å². The van der Waals surface area contributed by atoms with E-state index in [1.807, 2.05) is 20.8 Å². The number of primary amides is 1. The second-order valence-corrected chi connectivity index (χ2v) is 12.5. The lowest BCUT2D eigenvalue weighted by Crippen LogP contribution is -2.65. The summed E-state index contributed by atoms with van der Waals surface area (Å²) < 4.78 is 0. The zero-order valence-corrected chi connectivity index (χ0v) is 23.6. The first-order valence-corrected chi connectivity index (χ1v) is 13.2. The van der Waals surface area contributed by atoms with E-state index in [0.29, 0.717) is 17.7 Å². The Bertz CT molecular complexity index is 1400. The number of likely N-dealkylation sites (N-methyl/N-ethyl adjacent to an activating group) is 1. The molecule has 7 N–H and O–H groups in total. The highest BCUT2D eigenvalue weighted by molar-refractivity contribution is 6.24. The molecule has 4 rings (SSSR count). The van der Waals surface area contributed by atoms with Crippen molar-refractivity contribution in [2.24, 2.45) is 23.0 Å². The van der Waals surface area contributed by atoms with E-state index in [2.05, 4.69) is 5.32 Å². The third-order valence-electron chi connectivity index (χ3n) is 8.15. The number of aliphatic hydroxyl groups excluding tert-OH is 2. The molecule has 1 amide bonds. The molecule has 0 saturated heterocycles. The second-order valence-electron chi connectivity index (χ2n) is 12.5. The Morgan fingerprint density at radius 2 is 1.78 bits per heavy atom. The van der Waals surface area contributed by atoms with Gasteiger partial charge in [0.1, 0.15) is 22.8 Å². The lowest BCUT2D eigenvalue weighted by Gasteiger charge is -2.50. The molecule has 224 valence electrons. The summed E-state index contributed by atoms with van der Waals surface area (Å²) in [5.41, 5.74) is 2.36. The molecule has 0 heterocycles. The summed E-state index contributed by atoms with van der Waals surface area (Å²) in [6, 6.07) is 0.403. The van der Waals surface area contributed by atoms with E-state index in [0.717, 1.165) is 0 Å². The van der Waals surface area contributed by atoms with Gasteiger partial charge in [0, 0.05) is 35.7 Å². The average molecular weight is 572 g/mol. The molecule has 1 aromatic rings. The van der Waals surface area contributed by atoms with Gasteiger partial charge in [-0.1, -0.05) is 28.2 Å². The van der Waals surface area contributed by atoms with Crippen molar-refractivity contribution >= 4 is 29.0 Å². The van der Waals surface area contributed by atoms with Crippen LogP contribution in [0.15, 0.2) is 23.0 Å². The lowest BCUT2D eigenvalue weighted by atomic mass is 9.57. The van der Waals surface area contributed by atoms with Gasteiger partial charge in [-0.3, -0.25) is 24.1 Å². The lowest BCUT2D eigenvalue weighted by molar-refractivity contribution is -0.153. The molecular formula is C30H41N3O8. The van der Waals surface area contributed by atoms with E-state index < -0.39 is 58.0 Å². The van der Waals surface area contributed by atoms with Gasteiger partial charge in [0.05, 0.1) is 11.6 Å². The van der Waals surface area contributed by atoms with E-state index in [-0.39, 0.29) is 60.5 Å². The van der Waals surface area contributed by atoms with Crippen LogP contribution in [0.4, 0.5) is 0 Å². The first-order chi connectivity index (χ1) is 18.4. The molecule has 11 nitrogen and oxygen atoms in total. The number of carbonyl (C=O) groups excluding carboxylic acids is 4. The van der Waals surface area contributed by atoms with Crippen LogP contribution >= 0.6 is 0 Å². The van der Waals surface area contributed by atoms with Crippen LogP contribution in [0, 0.1) is 17.3 Å². The summed E-state index contributed by atoms with van der Waals surface area (Å²) in [6.07, 6.45) is 0.0193. The molecule has 1 aromatic carbocycles. The average Bonchev–Trinajstić information content (AvgIpc) is 2.81. The summed E-state index contributed by atoms with van der Waals surface area (Å²) >= 11 is 0. The van der Waals surface area contributed by atoms with Crippen LogP contribution in [0.5, 0.6) is 5.75 Å². The summed E-state index contributed by atoms with van der Waals surface area (Å²) in [5, 5.41) is 48.6. The van der Waals surface area contributed by atoms with Crippen LogP contribution in [0.25, 0.3) is 5.76 Å². The molecule has 3 aliphatic rings. The number of aliphatic hydroxyl groups is 3. The van der Waals surface area contributed by atoms with Gasteiger partial charge in [0.2, 0.25) is 5.78 Å². The molecule has 3 aliphatic carbocycles. The highest BCUT2D eigenvalue weighted by Crippen LogP contribution is 2.53. The number of hydrogen-bond donors (Lipinski definition) is 6.